The molecule has 1 aliphatic heterocycles. The highest BCUT2D eigenvalue weighted by atomic mass is 19.1. The number of hydrogen-bond acceptors (Lipinski definition) is 5. The fourth-order valence-corrected chi connectivity index (χ4v) is 4.68. The molecule has 3 N–H and O–H groups in total. The van der Waals surface area contributed by atoms with Crippen LogP contribution in [0.5, 0.6) is 0 Å². The molecule has 0 aliphatic carbocycles. The minimum Gasteiger partial charge on any atom is -0.396 e. The second-order valence-corrected chi connectivity index (χ2v) is 9.48. The van der Waals surface area contributed by atoms with Crippen LogP contribution >= 0.6 is 0 Å². The predicted octanol–water partition coefficient (Wildman–Crippen LogP) is 4.43. The number of anilines is 1. The summed E-state index contributed by atoms with van der Waals surface area (Å²) < 4.78 is 33.9. The first-order valence-corrected chi connectivity index (χ1v) is 12.1. The fourth-order valence-electron chi connectivity index (χ4n) is 4.68. The molecule has 188 valence electrons. The molecule has 36 heavy (non-hydrogen) atoms. The van der Waals surface area contributed by atoms with Gasteiger partial charge in [-0.3, -0.25) is 0 Å². The van der Waals surface area contributed by atoms with E-state index in [2.05, 4.69) is 0 Å². The van der Waals surface area contributed by atoms with Gasteiger partial charge in [0.2, 0.25) is 0 Å². The summed E-state index contributed by atoms with van der Waals surface area (Å²) in [6, 6.07) is 24.9. The van der Waals surface area contributed by atoms with Gasteiger partial charge in [-0.25, -0.2) is 4.39 Å². The quantitative estimate of drug-likeness (QED) is 0.304. The Labute approximate surface area is 210 Å². The van der Waals surface area contributed by atoms with Gasteiger partial charge in [0.15, 0.2) is 0 Å². The predicted molar refractivity (Wildman–Crippen MR) is 137 cm³/mol. The van der Waals surface area contributed by atoms with E-state index in [4.69, 9.17) is 19.9 Å². The number of benzene rings is 3. The SMILES string of the molecule is Nc1cc2cc(C3(COCc4ccccc4)COC3)n(C[C@@H](O)COCc3ccccc3)c2cc1F. The Bertz CT molecular complexity index is 1290. The van der Waals surface area contributed by atoms with E-state index in [1.54, 1.807) is 6.07 Å². The molecule has 1 fully saturated rings. The molecule has 6 nitrogen and oxygen atoms in total. The number of aliphatic hydroxyl groups is 1. The Hall–Kier alpha value is -3.23. The van der Waals surface area contributed by atoms with Crippen LogP contribution in [-0.2, 0) is 39.4 Å². The van der Waals surface area contributed by atoms with Crippen molar-refractivity contribution in [1.29, 1.82) is 0 Å². The maximum atomic E-state index is 14.5. The van der Waals surface area contributed by atoms with Gasteiger partial charge in [0.05, 0.1) is 68.9 Å². The molecule has 0 bridgehead atoms. The average Bonchev–Trinajstić information content (AvgIpc) is 3.19. The lowest BCUT2D eigenvalue weighted by Gasteiger charge is -2.42. The highest BCUT2D eigenvalue weighted by Gasteiger charge is 2.43. The Morgan fingerprint density at radius 3 is 2.19 bits per heavy atom. The number of aromatic nitrogens is 1. The van der Waals surface area contributed by atoms with Gasteiger partial charge in [0.25, 0.3) is 0 Å². The van der Waals surface area contributed by atoms with Crippen molar-refractivity contribution < 1.29 is 23.7 Å². The van der Waals surface area contributed by atoms with Gasteiger partial charge in [-0.2, -0.15) is 0 Å². The van der Waals surface area contributed by atoms with E-state index in [1.807, 2.05) is 71.3 Å². The van der Waals surface area contributed by atoms with Crippen molar-refractivity contribution in [3.8, 4) is 0 Å². The Kier molecular flexibility index (Phi) is 7.34. The van der Waals surface area contributed by atoms with Gasteiger partial charge in [-0.1, -0.05) is 60.7 Å². The maximum absolute atomic E-state index is 14.5. The number of nitrogen functional groups attached to an aromatic ring is 1. The summed E-state index contributed by atoms with van der Waals surface area (Å²) in [7, 11) is 0. The Morgan fingerprint density at radius 1 is 0.944 bits per heavy atom. The molecule has 0 amide bonds. The molecule has 0 unspecified atom stereocenters. The fraction of sp³-hybridized carbons (Fsp3) is 0.310. The third-order valence-electron chi connectivity index (χ3n) is 6.62. The van der Waals surface area contributed by atoms with Crippen LogP contribution in [0, 0.1) is 5.82 Å². The average molecular weight is 491 g/mol. The number of halogens is 1. The second-order valence-electron chi connectivity index (χ2n) is 9.48. The first kappa shape index (κ1) is 24.5. The molecule has 5 rings (SSSR count). The minimum absolute atomic E-state index is 0.0946. The summed E-state index contributed by atoms with van der Waals surface area (Å²) in [5, 5.41) is 11.7. The van der Waals surface area contributed by atoms with Gasteiger partial charge in [-0.15, -0.1) is 0 Å². The van der Waals surface area contributed by atoms with Crippen LogP contribution in [0.1, 0.15) is 16.8 Å². The highest BCUT2D eigenvalue weighted by Crippen LogP contribution is 2.38. The molecular weight excluding hydrogens is 459 g/mol. The van der Waals surface area contributed by atoms with Crippen molar-refractivity contribution in [3.63, 3.8) is 0 Å². The zero-order chi connectivity index (χ0) is 25.0. The molecule has 2 heterocycles. The van der Waals surface area contributed by atoms with E-state index < -0.39 is 17.3 Å². The van der Waals surface area contributed by atoms with Gasteiger partial charge < -0.3 is 29.6 Å². The molecule has 7 heteroatoms. The number of nitrogens with two attached hydrogens (primary N) is 1. The van der Waals surface area contributed by atoms with E-state index in [0.29, 0.717) is 38.6 Å². The lowest BCUT2D eigenvalue weighted by Crippen LogP contribution is -2.51. The van der Waals surface area contributed by atoms with Crippen molar-refractivity contribution in [2.75, 3.05) is 32.2 Å². The van der Waals surface area contributed by atoms with E-state index in [9.17, 15) is 9.50 Å². The summed E-state index contributed by atoms with van der Waals surface area (Å²) in [6.07, 6.45) is -0.785. The number of nitrogens with zero attached hydrogens (tertiary/aromatic N) is 1. The molecular formula is C29H31FN2O4. The molecule has 1 atom stereocenters. The maximum Gasteiger partial charge on any atom is 0.148 e. The second kappa shape index (κ2) is 10.8. The van der Waals surface area contributed by atoms with Gasteiger partial charge in [-0.05, 0) is 23.3 Å². The lowest BCUT2D eigenvalue weighted by atomic mass is 9.83. The molecule has 1 aromatic heterocycles. The monoisotopic (exact) mass is 490 g/mol. The third kappa shape index (κ3) is 5.29. The first-order valence-electron chi connectivity index (χ1n) is 12.1. The van der Waals surface area contributed by atoms with Crippen LogP contribution in [0.15, 0.2) is 78.9 Å². The van der Waals surface area contributed by atoms with Gasteiger partial charge in [0, 0.05) is 17.1 Å². The molecule has 0 spiro atoms. The topological polar surface area (TPSA) is 78.9 Å². The van der Waals surface area contributed by atoms with Gasteiger partial charge in [0.1, 0.15) is 5.82 Å². The highest BCUT2D eigenvalue weighted by molar-refractivity contribution is 5.85. The summed E-state index contributed by atoms with van der Waals surface area (Å²) in [6.45, 7) is 2.70. The number of fused-ring (bicyclic) bond motifs is 1. The van der Waals surface area contributed by atoms with Crippen molar-refractivity contribution in [1.82, 2.24) is 4.57 Å². The normalized spacial score (nSPS) is 15.6. The number of rotatable bonds is 11. The molecule has 4 aromatic rings. The standard InChI is InChI=1S/C29H31FN2O4/c30-25-13-27-23(11-26(25)31)12-28(29(19-36-20-29)18-35-16-22-9-5-2-6-10-22)32(27)14-24(33)17-34-15-21-7-3-1-4-8-21/h1-13,24,33H,14-20,31H2/t24-/m1/s1. The number of hydrogen-bond donors (Lipinski definition) is 2. The van der Waals surface area contributed by atoms with Crippen LogP contribution in [0.25, 0.3) is 10.9 Å². The summed E-state index contributed by atoms with van der Waals surface area (Å²) in [5.74, 6) is -0.484. The van der Waals surface area contributed by atoms with E-state index >= 15 is 0 Å². The van der Waals surface area contributed by atoms with Crippen molar-refractivity contribution in [3.05, 3.63) is 102 Å². The van der Waals surface area contributed by atoms with Crippen LogP contribution in [0.2, 0.25) is 0 Å². The van der Waals surface area contributed by atoms with Crippen LogP contribution in [-0.4, -0.2) is 42.2 Å². The zero-order valence-corrected chi connectivity index (χ0v) is 20.1. The molecule has 3 aromatic carbocycles. The van der Waals surface area contributed by atoms with Crippen molar-refractivity contribution in [2.45, 2.75) is 31.3 Å². The van der Waals surface area contributed by atoms with Crippen molar-refractivity contribution >= 4 is 16.6 Å². The molecule has 1 saturated heterocycles. The van der Waals surface area contributed by atoms with E-state index in [1.165, 1.54) is 6.07 Å². The summed E-state index contributed by atoms with van der Waals surface area (Å²) in [4.78, 5) is 0. The Balaban J connectivity index is 1.36. The van der Waals surface area contributed by atoms with Crippen LogP contribution < -0.4 is 5.73 Å². The number of aliphatic hydroxyl groups excluding tert-OH is 1. The molecule has 0 radical (unpaired) electrons. The van der Waals surface area contributed by atoms with Crippen LogP contribution in [0.4, 0.5) is 10.1 Å². The smallest absolute Gasteiger partial charge is 0.148 e. The lowest BCUT2D eigenvalue weighted by molar-refractivity contribution is -0.105. The first-order chi connectivity index (χ1) is 17.5. The Morgan fingerprint density at radius 2 is 1.58 bits per heavy atom. The minimum atomic E-state index is -0.785. The zero-order valence-electron chi connectivity index (χ0n) is 20.1. The van der Waals surface area contributed by atoms with Crippen LogP contribution in [0.3, 0.4) is 0 Å². The third-order valence-corrected chi connectivity index (χ3v) is 6.62. The molecule has 0 saturated carbocycles. The molecule has 1 aliphatic rings. The number of ether oxygens (including phenoxy) is 3. The largest absolute Gasteiger partial charge is 0.396 e. The van der Waals surface area contributed by atoms with Gasteiger partial charge >= 0.3 is 0 Å². The van der Waals surface area contributed by atoms with E-state index in [0.717, 1.165) is 22.2 Å². The van der Waals surface area contributed by atoms with Crippen molar-refractivity contribution in [2.24, 2.45) is 0 Å². The summed E-state index contributed by atoms with van der Waals surface area (Å²) in [5.41, 5.74) is 9.30. The summed E-state index contributed by atoms with van der Waals surface area (Å²) >= 11 is 0. The van der Waals surface area contributed by atoms with E-state index in [-0.39, 0.29) is 18.8 Å².